The highest BCUT2D eigenvalue weighted by molar-refractivity contribution is 5.77. The Bertz CT molecular complexity index is 560. The van der Waals surface area contributed by atoms with Gasteiger partial charge < -0.3 is 4.57 Å². The van der Waals surface area contributed by atoms with Crippen LogP contribution < -0.4 is 0 Å². The van der Waals surface area contributed by atoms with Crippen molar-refractivity contribution in [3.63, 3.8) is 0 Å². The van der Waals surface area contributed by atoms with E-state index < -0.39 is 0 Å². The third-order valence-corrected chi connectivity index (χ3v) is 3.05. The van der Waals surface area contributed by atoms with Gasteiger partial charge in [-0.2, -0.15) is 5.26 Å². The molecule has 1 aromatic heterocycles. The van der Waals surface area contributed by atoms with Gasteiger partial charge in [-0.3, -0.25) is 0 Å². The third-order valence-electron chi connectivity index (χ3n) is 3.05. The molecule has 0 saturated carbocycles. The lowest BCUT2D eigenvalue weighted by atomic mass is 10.1. The normalized spacial score (nSPS) is 12.6. The van der Waals surface area contributed by atoms with E-state index >= 15 is 0 Å². The molecule has 0 spiro atoms. The van der Waals surface area contributed by atoms with Gasteiger partial charge in [0.25, 0.3) is 0 Å². The minimum Gasteiger partial charge on any atom is -0.327 e. The summed E-state index contributed by atoms with van der Waals surface area (Å²) in [4.78, 5) is 4.38. The number of rotatable bonds is 2. The molecule has 0 aliphatic rings. The Balaban J connectivity index is 2.57. The number of hydrogen-bond acceptors (Lipinski definition) is 2. The van der Waals surface area contributed by atoms with Gasteiger partial charge in [-0.05, 0) is 44.0 Å². The maximum Gasteiger partial charge on any atom is 0.0961 e. The van der Waals surface area contributed by atoms with E-state index in [0.717, 1.165) is 11.0 Å². The molecule has 1 aromatic carbocycles. The number of nitriles is 1. The van der Waals surface area contributed by atoms with E-state index in [-0.39, 0.29) is 6.04 Å². The van der Waals surface area contributed by atoms with Gasteiger partial charge in [0.15, 0.2) is 0 Å². The summed E-state index contributed by atoms with van der Waals surface area (Å²) in [6.45, 7) is 6.23. The number of fused-ring (bicyclic) bond motifs is 1. The van der Waals surface area contributed by atoms with Crippen molar-refractivity contribution in [3.8, 4) is 6.07 Å². The number of imidazole rings is 1. The molecule has 0 amide bonds. The Morgan fingerprint density at radius 2 is 2.06 bits per heavy atom. The molecule has 0 N–H and O–H groups in total. The van der Waals surface area contributed by atoms with Crippen LogP contribution in [-0.2, 0) is 0 Å². The van der Waals surface area contributed by atoms with Crippen molar-refractivity contribution in [2.45, 2.75) is 33.2 Å². The SMILES string of the molecule is Cc1cc2ncn(C(C)CC#N)c2cc1C. The number of hydrogen-bond donors (Lipinski definition) is 0. The maximum atomic E-state index is 8.72. The quantitative estimate of drug-likeness (QED) is 0.769. The van der Waals surface area contributed by atoms with Crippen molar-refractivity contribution < 1.29 is 0 Å². The first-order valence-corrected chi connectivity index (χ1v) is 5.44. The second-order valence-corrected chi connectivity index (χ2v) is 4.29. The van der Waals surface area contributed by atoms with Gasteiger partial charge in [-0.1, -0.05) is 0 Å². The van der Waals surface area contributed by atoms with Crippen molar-refractivity contribution in [3.05, 3.63) is 29.6 Å². The van der Waals surface area contributed by atoms with Crippen LogP contribution in [-0.4, -0.2) is 9.55 Å². The van der Waals surface area contributed by atoms with Gasteiger partial charge >= 0.3 is 0 Å². The zero-order valence-electron chi connectivity index (χ0n) is 9.86. The molecule has 0 radical (unpaired) electrons. The smallest absolute Gasteiger partial charge is 0.0961 e. The fraction of sp³-hybridized carbons (Fsp3) is 0.385. The van der Waals surface area contributed by atoms with Crippen molar-refractivity contribution >= 4 is 11.0 Å². The van der Waals surface area contributed by atoms with Crippen LogP contribution in [0.4, 0.5) is 0 Å². The molecule has 3 nitrogen and oxygen atoms in total. The van der Waals surface area contributed by atoms with Gasteiger partial charge in [-0.15, -0.1) is 0 Å². The molecule has 3 heteroatoms. The van der Waals surface area contributed by atoms with Crippen molar-refractivity contribution in [2.75, 3.05) is 0 Å². The first kappa shape index (κ1) is 10.7. The Morgan fingerprint density at radius 3 is 2.75 bits per heavy atom. The van der Waals surface area contributed by atoms with Gasteiger partial charge in [0.05, 0.1) is 29.9 Å². The standard InChI is InChI=1S/C13H15N3/c1-9-6-12-13(7-10(9)2)16(8-15-12)11(3)4-5-14/h6-8,11H,4H2,1-3H3. The summed E-state index contributed by atoms with van der Waals surface area (Å²) in [7, 11) is 0. The van der Waals surface area contributed by atoms with E-state index in [1.54, 1.807) is 0 Å². The summed E-state index contributed by atoms with van der Waals surface area (Å²) in [5.74, 6) is 0. The lowest BCUT2D eigenvalue weighted by Crippen LogP contribution is -2.02. The number of benzene rings is 1. The monoisotopic (exact) mass is 213 g/mol. The zero-order valence-corrected chi connectivity index (χ0v) is 9.86. The molecule has 82 valence electrons. The molecule has 2 aromatic rings. The minimum atomic E-state index is 0.178. The molecule has 0 fully saturated rings. The summed E-state index contributed by atoms with van der Waals surface area (Å²) in [5.41, 5.74) is 4.64. The molecule has 1 heterocycles. The van der Waals surface area contributed by atoms with Crippen molar-refractivity contribution in [1.82, 2.24) is 9.55 Å². The van der Waals surface area contributed by atoms with E-state index in [1.165, 1.54) is 11.1 Å². The highest BCUT2D eigenvalue weighted by Crippen LogP contribution is 2.22. The van der Waals surface area contributed by atoms with Crippen molar-refractivity contribution in [2.24, 2.45) is 0 Å². The Labute approximate surface area is 95.3 Å². The fourth-order valence-corrected chi connectivity index (χ4v) is 1.86. The van der Waals surface area contributed by atoms with Crippen molar-refractivity contribution in [1.29, 1.82) is 5.26 Å². The van der Waals surface area contributed by atoms with Gasteiger partial charge in [0, 0.05) is 6.04 Å². The van der Waals surface area contributed by atoms with Gasteiger partial charge in [0.1, 0.15) is 0 Å². The molecule has 16 heavy (non-hydrogen) atoms. The minimum absolute atomic E-state index is 0.178. The predicted molar refractivity (Wildman–Crippen MR) is 64.1 cm³/mol. The van der Waals surface area contributed by atoms with E-state index in [2.05, 4.69) is 41.6 Å². The molecule has 1 unspecified atom stereocenters. The highest BCUT2D eigenvalue weighted by atomic mass is 15.1. The average molecular weight is 213 g/mol. The molecular formula is C13H15N3. The van der Waals surface area contributed by atoms with Crippen LogP contribution in [0, 0.1) is 25.2 Å². The summed E-state index contributed by atoms with van der Waals surface area (Å²) in [6.07, 6.45) is 2.34. The first-order valence-electron chi connectivity index (χ1n) is 5.44. The Hall–Kier alpha value is -1.82. The van der Waals surface area contributed by atoms with E-state index in [1.807, 2.05) is 13.3 Å². The van der Waals surface area contributed by atoms with Crippen LogP contribution in [0.25, 0.3) is 11.0 Å². The Kier molecular flexibility index (Phi) is 2.66. The Morgan fingerprint density at radius 1 is 1.38 bits per heavy atom. The third kappa shape index (κ3) is 1.67. The largest absolute Gasteiger partial charge is 0.327 e. The second-order valence-electron chi connectivity index (χ2n) is 4.29. The maximum absolute atomic E-state index is 8.72. The highest BCUT2D eigenvalue weighted by Gasteiger charge is 2.09. The summed E-state index contributed by atoms with van der Waals surface area (Å²) in [5, 5.41) is 8.72. The van der Waals surface area contributed by atoms with Crippen LogP contribution in [0.15, 0.2) is 18.5 Å². The van der Waals surface area contributed by atoms with Crippen LogP contribution in [0.1, 0.15) is 30.5 Å². The zero-order chi connectivity index (χ0) is 11.7. The van der Waals surface area contributed by atoms with Gasteiger partial charge in [0.2, 0.25) is 0 Å². The summed E-state index contributed by atoms with van der Waals surface area (Å²) in [6, 6.07) is 6.62. The number of aromatic nitrogens is 2. The summed E-state index contributed by atoms with van der Waals surface area (Å²) < 4.78 is 2.07. The van der Waals surface area contributed by atoms with Crippen LogP contribution >= 0.6 is 0 Å². The van der Waals surface area contributed by atoms with Gasteiger partial charge in [-0.25, -0.2) is 4.98 Å². The molecular weight excluding hydrogens is 198 g/mol. The molecule has 1 atom stereocenters. The lowest BCUT2D eigenvalue weighted by molar-refractivity contribution is 0.574. The molecule has 0 bridgehead atoms. The second kappa shape index (κ2) is 3.97. The fourth-order valence-electron chi connectivity index (χ4n) is 1.86. The van der Waals surface area contributed by atoms with E-state index in [9.17, 15) is 0 Å². The average Bonchev–Trinajstić information content (AvgIpc) is 2.62. The number of nitrogens with zero attached hydrogens (tertiary/aromatic N) is 3. The van der Waals surface area contributed by atoms with Crippen LogP contribution in [0.3, 0.4) is 0 Å². The van der Waals surface area contributed by atoms with Crippen LogP contribution in [0.2, 0.25) is 0 Å². The number of aryl methyl sites for hydroxylation is 2. The topological polar surface area (TPSA) is 41.6 Å². The van der Waals surface area contributed by atoms with Crippen LogP contribution in [0.5, 0.6) is 0 Å². The molecule has 0 aliphatic heterocycles. The van der Waals surface area contributed by atoms with E-state index in [4.69, 9.17) is 5.26 Å². The predicted octanol–water partition coefficient (Wildman–Crippen LogP) is 3.13. The lowest BCUT2D eigenvalue weighted by Gasteiger charge is -2.11. The molecule has 0 saturated heterocycles. The first-order chi connectivity index (χ1) is 7.63. The molecule has 2 rings (SSSR count). The van der Waals surface area contributed by atoms with E-state index in [0.29, 0.717) is 6.42 Å². The summed E-state index contributed by atoms with van der Waals surface area (Å²) >= 11 is 0. The molecule has 0 aliphatic carbocycles.